The maximum absolute atomic E-state index is 13.8. The van der Waals surface area contributed by atoms with Crippen LogP contribution in [0.25, 0.3) is 0 Å². The van der Waals surface area contributed by atoms with Crippen molar-refractivity contribution >= 4 is 23.4 Å². The summed E-state index contributed by atoms with van der Waals surface area (Å²) in [6, 6.07) is 19.5. The first kappa shape index (κ1) is 30.2. The molecule has 1 amide bonds. The summed E-state index contributed by atoms with van der Waals surface area (Å²) in [6.07, 6.45) is 1.00. The Kier molecular flexibility index (Phi) is 7.32. The van der Waals surface area contributed by atoms with Crippen LogP contribution in [0.1, 0.15) is 71.4 Å². The summed E-state index contributed by atoms with van der Waals surface area (Å²) in [5.41, 5.74) is 2.14. The third-order valence-corrected chi connectivity index (χ3v) is 9.15. The number of esters is 1. The van der Waals surface area contributed by atoms with Crippen LogP contribution in [0.2, 0.25) is 0 Å². The lowest BCUT2D eigenvalue weighted by molar-refractivity contribution is -0.150. The van der Waals surface area contributed by atoms with Gasteiger partial charge in [0.2, 0.25) is 0 Å². The van der Waals surface area contributed by atoms with E-state index < -0.39 is 35.2 Å². The van der Waals surface area contributed by atoms with E-state index in [9.17, 15) is 29.4 Å². The first-order chi connectivity index (χ1) is 22.6. The maximum atomic E-state index is 13.8. The van der Waals surface area contributed by atoms with Crippen LogP contribution in [0.15, 0.2) is 72.8 Å². The number of amides is 1. The molecule has 1 aliphatic carbocycles. The molecule has 4 aromatic rings. The van der Waals surface area contributed by atoms with E-state index in [1.807, 2.05) is 36.4 Å². The molecular weight excluding hydrogens is 602 g/mol. The molecule has 0 aromatic heterocycles. The second-order valence-corrected chi connectivity index (χ2v) is 12.2. The highest BCUT2D eigenvalue weighted by atomic mass is 16.6. The number of methoxy groups -OCH3 is 1. The number of fused-ring (bicyclic) bond motifs is 4. The van der Waals surface area contributed by atoms with Crippen molar-refractivity contribution in [2.24, 2.45) is 0 Å². The molecule has 10 heteroatoms. The normalized spacial score (nSPS) is 19.5. The van der Waals surface area contributed by atoms with E-state index in [4.69, 9.17) is 14.2 Å². The molecule has 0 radical (unpaired) electrons. The van der Waals surface area contributed by atoms with Gasteiger partial charge in [-0.05, 0) is 66.3 Å². The van der Waals surface area contributed by atoms with E-state index in [-0.39, 0.29) is 64.7 Å². The number of benzene rings is 4. The number of nitrogens with zero attached hydrogens (tertiary/aromatic N) is 1. The van der Waals surface area contributed by atoms with Crippen LogP contribution < -0.4 is 4.74 Å². The number of rotatable bonds is 7. The van der Waals surface area contributed by atoms with Crippen molar-refractivity contribution in [3.63, 3.8) is 0 Å². The van der Waals surface area contributed by atoms with Crippen LogP contribution in [0.3, 0.4) is 0 Å². The molecule has 4 aromatic carbocycles. The molecule has 0 unspecified atom stereocenters. The Morgan fingerprint density at radius 2 is 1.53 bits per heavy atom. The zero-order valence-electron chi connectivity index (χ0n) is 25.7. The lowest BCUT2D eigenvalue weighted by atomic mass is 9.81. The zero-order chi connectivity index (χ0) is 33.0. The van der Waals surface area contributed by atoms with Crippen molar-refractivity contribution < 1.29 is 43.6 Å². The summed E-state index contributed by atoms with van der Waals surface area (Å²) in [5, 5.41) is 21.9. The van der Waals surface area contributed by atoms with Crippen molar-refractivity contribution in [1.82, 2.24) is 4.90 Å². The molecule has 7 rings (SSSR count). The first-order valence-electron chi connectivity index (χ1n) is 15.2. The molecule has 0 bridgehead atoms. The van der Waals surface area contributed by atoms with Crippen molar-refractivity contribution in [3.05, 3.63) is 123 Å². The van der Waals surface area contributed by atoms with Crippen LogP contribution >= 0.6 is 0 Å². The van der Waals surface area contributed by atoms with Crippen molar-refractivity contribution in [2.45, 2.75) is 44.6 Å². The maximum Gasteiger partial charge on any atom is 0.331 e. The van der Waals surface area contributed by atoms with Crippen molar-refractivity contribution in [3.8, 4) is 17.2 Å². The number of phenols is 2. The second kappa shape index (κ2) is 11.4. The minimum Gasteiger partial charge on any atom is -0.507 e. The van der Waals surface area contributed by atoms with Gasteiger partial charge < -0.3 is 24.4 Å². The van der Waals surface area contributed by atoms with Gasteiger partial charge in [0.05, 0.1) is 30.4 Å². The number of aryl methyl sites for hydroxylation is 2. The Morgan fingerprint density at radius 3 is 2.26 bits per heavy atom. The van der Waals surface area contributed by atoms with Gasteiger partial charge in [-0.15, -0.1) is 0 Å². The summed E-state index contributed by atoms with van der Waals surface area (Å²) >= 11 is 0. The molecule has 0 saturated carbocycles. The molecule has 2 aliphatic heterocycles. The molecule has 3 aliphatic rings. The van der Waals surface area contributed by atoms with Gasteiger partial charge in [-0.25, -0.2) is 4.79 Å². The van der Waals surface area contributed by atoms with Gasteiger partial charge in [-0.2, -0.15) is 0 Å². The van der Waals surface area contributed by atoms with Crippen LogP contribution in [-0.4, -0.2) is 64.0 Å². The third kappa shape index (κ3) is 5.01. The second-order valence-electron chi connectivity index (χ2n) is 12.2. The van der Waals surface area contributed by atoms with Gasteiger partial charge in [0.15, 0.2) is 17.6 Å². The molecule has 2 N–H and O–H groups in total. The number of carbonyl (C=O) groups is 4. The van der Waals surface area contributed by atoms with Gasteiger partial charge in [0.25, 0.3) is 5.91 Å². The summed E-state index contributed by atoms with van der Waals surface area (Å²) in [4.78, 5) is 54.9. The summed E-state index contributed by atoms with van der Waals surface area (Å²) < 4.78 is 16.9. The number of carbonyl (C=O) groups excluding carboxylic acids is 4. The average molecular weight is 634 g/mol. The molecule has 2 atom stereocenters. The van der Waals surface area contributed by atoms with Crippen LogP contribution in [0, 0.1) is 0 Å². The number of ketones is 2. The van der Waals surface area contributed by atoms with E-state index in [0.717, 1.165) is 11.1 Å². The number of aromatic hydroxyl groups is 2. The number of hydrogen-bond donors (Lipinski definition) is 2. The number of ether oxygens (including phenoxy) is 3. The predicted molar refractivity (Wildman–Crippen MR) is 168 cm³/mol. The van der Waals surface area contributed by atoms with E-state index in [2.05, 4.69) is 0 Å². The fourth-order valence-electron chi connectivity index (χ4n) is 6.91. The fraction of sp³-hybridized carbons (Fsp3) is 0.243. The lowest BCUT2D eigenvalue weighted by Gasteiger charge is -2.40. The van der Waals surface area contributed by atoms with Crippen LogP contribution in [-0.2, 0) is 40.1 Å². The molecule has 1 saturated heterocycles. The highest BCUT2D eigenvalue weighted by Crippen LogP contribution is 2.42. The topological polar surface area (TPSA) is 140 Å². The number of phenolic OH excluding ortho intramolecular Hbond substituents is 2. The Morgan fingerprint density at radius 1 is 0.851 bits per heavy atom. The minimum atomic E-state index is -1.11. The quantitative estimate of drug-likeness (QED) is 0.248. The Bertz CT molecular complexity index is 1990. The third-order valence-electron chi connectivity index (χ3n) is 9.15. The zero-order valence-corrected chi connectivity index (χ0v) is 25.7. The fourth-order valence-corrected chi connectivity index (χ4v) is 6.91. The lowest BCUT2D eigenvalue weighted by Crippen LogP contribution is -2.56. The standard InChI is InChI=1S/C37H31NO9/c1-37-17-23-13-21(11-12-22-14-25-31(28(40)16-22)33(41)24-9-6-10-29(45-2)32(24)34(25)42)15-27(39)30(23)35(43)38(37)26(19-47-37)36(44)46-18-20-7-4-3-5-8-20/h3-10,13-16,26,39-40H,11-12,17-19H2,1-2H3/t26-,37-/m1/s1. The molecule has 47 heavy (non-hydrogen) atoms. The molecule has 2 heterocycles. The van der Waals surface area contributed by atoms with E-state index >= 15 is 0 Å². The van der Waals surface area contributed by atoms with Crippen molar-refractivity contribution in [1.29, 1.82) is 0 Å². The monoisotopic (exact) mass is 633 g/mol. The van der Waals surface area contributed by atoms with Gasteiger partial charge in [0, 0.05) is 17.5 Å². The smallest absolute Gasteiger partial charge is 0.331 e. The first-order valence-corrected chi connectivity index (χ1v) is 15.2. The van der Waals surface area contributed by atoms with E-state index in [0.29, 0.717) is 24.0 Å². The van der Waals surface area contributed by atoms with E-state index in [1.165, 1.54) is 30.2 Å². The van der Waals surface area contributed by atoms with Crippen molar-refractivity contribution in [2.75, 3.05) is 13.7 Å². The number of hydrogen-bond acceptors (Lipinski definition) is 9. The average Bonchev–Trinajstić information content (AvgIpc) is 3.42. The van der Waals surface area contributed by atoms with Gasteiger partial charge in [-0.3, -0.25) is 19.3 Å². The molecular formula is C37H31NO9. The molecule has 10 nitrogen and oxygen atoms in total. The highest BCUT2D eigenvalue weighted by Gasteiger charge is 2.54. The van der Waals surface area contributed by atoms with E-state index in [1.54, 1.807) is 25.1 Å². The van der Waals surface area contributed by atoms with Crippen LogP contribution in [0.4, 0.5) is 0 Å². The summed E-state index contributed by atoms with van der Waals surface area (Å²) in [7, 11) is 1.43. The SMILES string of the molecule is COc1cccc2c1C(=O)c1cc(CCc3cc(O)c4c(c3)C[C@@]3(C)OC[C@H](C(=O)OCc5ccccc5)N3C4=O)cc(O)c1C2=O. The Labute approximate surface area is 270 Å². The molecule has 0 spiro atoms. The largest absolute Gasteiger partial charge is 0.507 e. The molecule has 238 valence electrons. The van der Waals surface area contributed by atoms with Gasteiger partial charge >= 0.3 is 5.97 Å². The minimum absolute atomic E-state index is 0.0309. The van der Waals surface area contributed by atoms with Crippen LogP contribution in [0.5, 0.6) is 17.2 Å². The highest BCUT2D eigenvalue weighted by molar-refractivity contribution is 6.30. The Balaban J connectivity index is 1.11. The molecule has 1 fully saturated rings. The summed E-state index contributed by atoms with van der Waals surface area (Å²) in [5.74, 6) is -2.19. The van der Waals surface area contributed by atoms with Gasteiger partial charge in [0.1, 0.15) is 29.6 Å². The van der Waals surface area contributed by atoms with Gasteiger partial charge in [-0.1, -0.05) is 48.5 Å². The summed E-state index contributed by atoms with van der Waals surface area (Å²) in [6.45, 7) is 1.77. The Hall–Kier alpha value is -5.48. The predicted octanol–water partition coefficient (Wildman–Crippen LogP) is 4.52.